The SMILES string of the molecule is O=[N+]([O-])c1ccc(N2CCN(c3ncc(C(F)(F)F)cc3Cl)CC2)nc1. The fraction of sp³-hybridized carbons (Fsp3) is 0.333. The molecule has 26 heavy (non-hydrogen) atoms. The third-order valence-electron chi connectivity index (χ3n) is 4.00. The number of halogens is 4. The largest absolute Gasteiger partial charge is 0.417 e. The first-order valence-corrected chi connectivity index (χ1v) is 7.96. The molecule has 11 heteroatoms. The van der Waals surface area contributed by atoms with Gasteiger partial charge in [-0.25, -0.2) is 9.97 Å². The molecule has 1 aliphatic heterocycles. The zero-order valence-corrected chi connectivity index (χ0v) is 14.0. The summed E-state index contributed by atoms with van der Waals surface area (Å²) in [4.78, 5) is 21.8. The van der Waals surface area contributed by atoms with Gasteiger partial charge in [-0.05, 0) is 12.1 Å². The van der Waals surface area contributed by atoms with E-state index in [0.29, 0.717) is 37.8 Å². The number of aromatic nitrogens is 2. The highest BCUT2D eigenvalue weighted by atomic mass is 35.5. The van der Waals surface area contributed by atoms with Gasteiger partial charge < -0.3 is 9.80 Å². The maximum atomic E-state index is 12.7. The van der Waals surface area contributed by atoms with E-state index in [2.05, 4.69) is 9.97 Å². The van der Waals surface area contributed by atoms with Crippen molar-refractivity contribution >= 4 is 28.9 Å². The van der Waals surface area contributed by atoms with Gasteiger partial charge in [-0.15, -0.1) is 0 Å². The lowest BCUT2D eigenvalue weighted by Crippen LogP contribution is -2.47. The van der Waals surface area contributed by atoms with Crippen LogP contribution in [-0.2, 0) is 6.18 Å². The second kappa shape index (κ2) is 6.94. The number of alkyl halides is 3. The molecule has 0 aromatic carbocycles. The number of hydrogen-bond acceptors (Lipinski definition) is 6. The van der Waals surface area contributed by atoms with E-state index in [0.717, 1.165) is 12.3 Å². The van der Waals surface area contributed by atoms with Crippen LogP contribution in [0.3, 0.4) is 0 Å². The van der Waals surface area contributed by atoms with Crippen LogP contribution in [-0.4, -0.2) is 41.1 Å². The average Bonchev–Trinajstić information content (AvgIpc) is 2.61. The summed E-state index contributed by atoms with van der Waals surface area (Å²) in [6.07, 6.45) is -2.53. The van der Waals surface area contributed by atoms with Crippen molar-refractivity contribution in [1.82, 2.24) is 9.97 Å². The van der Waals surface area contributed by atoms with Gasteiger partial charge in [0.05, 0.1) is 15.5 Å². The van der Waals surface area contributed by atoms with Crippen molar-refractivity contribution in [1.29, 1.82) is 0 Å². The molecule has 0 aliphatic carbocycles. The Morgan fingerprint density at radius 2 is 1.73 bits per heavy atom. The van der Waals surface area contributed by atoms with Crippen LogP contribution >= 0.6 is 11.6 Å². The quantitative estimate of drug-likeness (QED) is 0.593. The minimum Gasteiger partial charge on any atom is -0.353 e. The molecule has 138 valence electrons. The van der Waals surface area contributed by atoms with Gasteiger partial charge in [-0.1, -0.05) is 11.6 Å². The molecule has 0 atom stereocenters. The first-order valence-electron chi connectivity index (χ1n) is 7.59. The summed E-state index contributed by atoms with van der Waals surface area (Å²) >= 11 is 5.98. The molecule has 3 heterocycles. The molecule has 3 rings (SSSR count). The molecule has 0 saturated carbocycles. The Hall–Kier alpha value is -2.62. The van der Waals surface area contributed by atoms with E-state index in [1.165, 1.54) is 12.3 Å². The van der Waals surface area contributed by atoms with Crippen molar-refractivity contribution in [3.8, 4) is 0 Å². The Bertz CT molecular complexity index is 808. The van der Waals surface area contributed by atoms with Crippen molar-refractivity contribution in [3.05, 3.63) is 51.3 Å². The molecule has 1 fully saturated rings. The van der Waals surface area contributed by atoms with Crippen LogP contribution in [0.5, 0.6) is 0 Å². The summed E-state index contributed by atoms with van der Waals surface area (Å²) in [7, 11) is 0. The minimum absolute atomic E-state index is 0.0539. The highest BCUT2D eigenvalue weighted by Gasteiger charge is 2.32. The Kier molecular flexibility index (Phi) is 4.86. The first-order chi connectivity index (χ1) is 12.3. The Balaban J connectivity index is 1.67. The van der Waals surface area contributed by atoms with Gasteiger partial charge in [0.2, 0.25) is 0 Å². The minimum atomic E-state index is -4.49. The summed E-state index contributed by atoms with van der Waals surface area (Å²) in [5.41, 5.74) is -0.979. The van der Waals surface area contributed by atoms with E-state index >= 15 is 0 Å². The van der Waals surface area contributed by atoms with Crippen LogP contribution in [0.2, 0.25) is 5.02 Å². The second-order valence-electron chi connectivity index (χ2n) is 5.63. The van der Waals surface area contributed by atoms with Crippen LogP contribution in [0.25, 0.3) is 0 Å². The van der Waals surface area contributed by atoms with E-state index < -0.39 is 16.7 Å². The van der Waals surface area contributed by atoms with E-state index in [9.17, 15) is 23.3 Å². The summed E-state index contributed by atoms with van der Waals surface area (Å²) in [6, 6.07) is 3.81. The van der Waals surface area contributed by atoms with Gasteiger partial charge >= 0.3 is 6.18 Å². The molecule has 0 bridgehead atoms. The molecule has 7 nitrogen and oxygen atoms in total. The van der Waals surface area contributed by atoms with Crippen molar-refractivity contribution < 1.29 is 18.1 Å². The predicted molar refractivity (Wildman–Crippen MR) is 89.6 cm³/mol. The summed E-state index contributed by atoms with van der Waals surface area (Å²) in [5, 5.41) is 10.6. The summed E-state index contributed by atoms with van der Waals surface area (Å²) in [6.45, 7) is 2.03. The maximum absolute atomic E-state index is 12.7. The van der Waals surface area contributed by atoms with Crippen LogP contribution in [0, 0.1) is 10.1 Å². The fourth-order valence-corrected chi connectivity index (χ4v) is 2.92. The van der Waals surface area contributed by atoms with E-state index in [1.54, 1.807) is 11.0 Å². The molecule has 1 saturated heterocycles. The predicted octanol–water partition coefficient (Wildman–Crippen LogP) is 3.38. The lowest BCUT2D eigenvalue weighted by atomic mass is 10.2. The van der Waals surface area contributed by atoms with Crippen molar-refractivity contribution in [2.45, 2.75) is 6.18 Å². The number of pyridine rings is 2. The van der Waals surface area contributed by atoms with Gasteiger partial charge in [0.1, 0.15) is 17.8 Å². The van der Waals surface area contributed by atoms with Crippen LogP contribution < -0.4 is 9.80 Å². The third-order valence-corrected chi connectivity index (χ3v) is 4.27. The number of piperazine rings is 1. The smallest absolute Gasteiger partial charge is 0.353 e. The molecule has 1 aliphatic rings. The molecular formula is C15H13ClF3N5O2. The van der Waals surface area contributed by atoms with Crippen LogP contribution in [0.1, 0.15) is 5.56 Å². The number of hydrogen-bond donors (Lipinski definition) is 0. The van der Waals surface area contributed by atoms with Crippen molar-refractivity contribution in [2.24, 2.45) is 0 Å². The van der Waals surface area contributed by atoms with Gasteiger partial charge in [0.15, 0.2) is 0 Å². The lowest BCUT2D eigenvalue weighted by Gasteiger charge is -2.36. The fourth-order valence-electron chi connectivity index (χ4n) is 2.64. The number of nitrogens with zero attached hydrogens (tertiary/aromatic N) is 5. The average molecular weight is 388 g/mol. The number of anilines is 2. The highest BCUT2D eigenvalue weighted by molar-refractivity contribution is 6.33. The van der Waals surface area contributed by atoms with E-state index in [1.807, 2.05) is 4.90 Å². The molecule has 0 spiro atoms. The molecule has 0 N–H and O–H groups in total. The Labute approximate surface area is 151 Å². The van der Waals surface area contributed by atoms with Gasteiger partial charge in [-0.2, -0.15) is 13.2 Å². The standard InChI is InChI=1S/C15H13ClF3N5O2/c16-12-7-10(15(17,18)19)8-21-14(12)23-5-3-22(4-6-23)13-2-1-11(9-20-13)24(25)26/h1-2,7-9H,3-6H2. The van der Waals surface area contributed by atoms with Gasteiger partial charge in [0, 0.05) is 38.4 Å². The van der Waals surface area contributed by atoms with E-state index in [-0.39, 0.29) is 10.7 Å². The summed E-state index contributed by atoms with van der Waals surface area (Å²) in [5.74, 6) is 0.901. The van der Waals surface area contributed by atoms with Gasteiger partial charge in [0.25, 0.3) is 5.69 Å². The molecule has 0 unspecified atom stereocenters. The molecular weight excluding hydrogens is 375 g/mol. The first kappa shape index (κ1) is 18.2. The van der Waals surface area contributed by atoms with Crippen LogP contribution in [0.4, 0.5) is 30.5 Å². The van der Waals surface area contributed by atoms with Gasteiger partial charge in [-0.3, -0.25) is 10.1 Å². The second-order valence-corrected chi connectivity index (χ2v) is 6.04. The maximum Gasteiger partial charge on any atom is 0.417 e. The monoisotopic (exact) mass is 387 g/mol. The zero-order chi connectivity index (χ0) is 18.9. The molecule has 0 amide bonds. The van der Waals surface area contributed by atoms with Crippen molar-refractivity contribution in [3.63, 3.8) is 0 Å². The number of rotatable bonds is 3. The van der Waals surface area contributed by atoms with Crippen LogP contribution in [0.15, 0.2) is 30.6 Å². The molecule has 0 radical (unpaired) electrons. The Morgan fingerprint density at radius 3 is 2.23 bits per heavy atom. The molecule has 2 aromatic heterocycles. The highest BCUT2D eigenvalue weighted by Crippen LogP contribution is 2.33. The Morgan fingerprint density at radius 1 is 1.08 bits per heavy atom. The van der Waals surface area contributed by atoms with E-state index in [4.69, 9.17) is 11.6 Å². The number of nitro groups is 1. The summed E-state index contributed by atoms with van der Waals surface area (Å²) < 4.78 is 38.1. The molecule has 2 aromatic rings. The zero-order valence-electron chi connectivity index (χ0n) is 13.3. The normalized spacial score (nSPS) is 15.2. The van der Waals surface area contributed by atoms with Crippen molar-refractivity contribution in [2.75, 3.05) is 36.0 Å². The third kappa shape index (κ3) is 3.79. The topological polar surface area (TPSA) is 75.4 Å². The lowest BCUT2D eigenvalue weighted by molar-refractivity contribution is -0.385.